The Kier molecular flexibility index (Phi) is 6.39. The predicted molar refractivity (Wildman–Crippen MR) is 109 cm³/mol. The number of nitrogens with zero attached hydrogens (tertiary/aromatic N) is 3. The first-order valence-corrected chi connectivity index (χ1v) is 9.75. The lowest BCUT2D eigenvalue weighted by molar-refractivity contribution is -0.148. The van der Waals surface area contributed by atoms with E-state index in [0.717, 1.165) is 29.8 Å². The first kappa shape index (κ1) is 21.4. The summed E-state index contributed by atoms with van der Waals surface area (Å²) in [6.45, 7) is 5.18. The second kappa shape index (κ2) is 8.98. The van der Waals surface area contributed by atoms with Crippen LogP contribution in [0.1, 0.15) is 35.6 Å². The van der Waals surface area contributed by atoms with Gasteiger partial charge in [0.1, 0.15) is 5.76 Å². The number of aryl methyl sites for hydroxylation is 2. The van der Waals surface area contributed by atoms with Crippen LogP contribution in [0.5, 0.6) is 0 Å². The average Bonchev–Trinajstić information content (AvgIpc) is 3.32. The predicted octanol–water partition coefficient (Wildman–Crippen LogP) is 1.68. The molecule has 0 spiro atoms. The van der Waals surface area contributed by atoms with E-state index >= 15 is 0 Å². The lowest BCUT2D eigenvalue weighted by atomic mass is 10.2. The number of nitrogens with one attached hydrogen (secondary N) is 1. The molecular formula is C21H26N4O5. The van der Waals surface area contributed by atoms with Crippen LogP contribution in [0.25, 0.3) is 11.9 Å². The maximum Gasteiger partial charge on any atom is 0.331 e. The van der Waals surface area contributed by atoms with E-state index in [1.807, 2.05) is 37.5 Å². The molecule has 0 aromatic carbocycles. The minimum Gasteiger partial charge on any atom is -0.452 e. The van der Waals surface area contributed by atoms with Gasteiger partial charge >= 0.3 is 5.97 Å². The molecule has 0 saturated heterocycles. The number of aromatic nitrogens is 2. The van der Waals surface area contributed by atoms with Gasteiger partial charge in [0.2, 0.25) is 5.91 Å². The quantitative estimate of drug-likeness (QED) is 0.520. The van der Waals surface area contributed by atoms with Gasteiger partial charge in [-0.05, 0) is 51.3 Å². The molecule has 1 aliphatic rings. The van der Waals surface area contributed by atoms with E-state index < -0.39 is 18.5 Å². The number of esters is 1. The highest BCUT2D eigenvalue weighted by molar-refractivity contribution is 5.90. The Balaban J connectivity index is 1.52. The van der Waals surface area contributed by atoms with Gasteiger partial charge in [-0.2, -0.15) is 0 Å². The standard InChI is InChI=1S/C21H26N4O5/c1-13-9-16(15(3)25(13)18-10-14(2)30-23-18)5-8-21(28)29-12-20(27)24(4)11-19(26)22-17-6-7-17/h5,8-10,17H,6-7,11-12H2,1-4H3,(H,22,26)/b8-5+. The molecule has 30 heavy (non-hydrogen) atoms. The number of rotatable bonds is 8. The first-order chi connectivity index (χ1) is 14.2. The van der Waals surface area contributed by atoms with Crippen LogP contribution in [0.15, 0.2) is 22.7 Å². The van der Waals surface area contributed by atoms with Crippen molar-refractivity contribution in [1.82, 2.24) is 19.9 Å². The number of carbonyl (C=O) groups is 3. The third-order valence-electron chi connectivity index (χ3n) is 4.80. The summed E-state index contributed by atoms with van der Waals surface area (Å²) in [5, 5.41) is 6.83. The minimum atomic E-state index is -0.638. The van der Waals surface area contributed by atoms with Crippen LogP contribution in [0.4, 0.5) is 0 Å². The van der Waals surface area contributed by atoms with Gasteiger partial charge in [0.05, 0.1) is 6.54 Å². The van der Waals surface area contributed by atoms with Gasteiger partial charge in [-0.25, -0.2) is 4.79 Å². The monoisotopic (exact) mass is 414 g/mol. The minimum absolute atomic E-state index is 0.0593. The van der Waals surface area contributed by atoms with E-state index in [4.69, 9.17) is 9.26 Å². The maximum atomic E-state index is 12.0. The van der Waals surface area contributed by atoms with Crippen LogP contribution >= 0.6 is 0 Å². The molecule has 2 aromatic rings. The Morgan fingerprint density at radius 2 is 2.03 bits per heavy atom. The maximum absolute atomic E-state index is 12.0. The van der Waals surface area contributed by atoms with Crippen molar-refractivity contribution in [3.05, 3.63) is 40.9 Å². The van der Waals surface area contributed by atoms with Crippen LogP contribution in [-0.2, 0) is 19.1 Å². The van der Waals surface area contributed by atoms with Crippen molar-refractivity contribution in [2.45, 2.75) is 39.7 Å². The summed E-state index contributed by atoms with van der Waals surface area (Å²) in [5.41, 5.74) is 2.66. The van der Waals surface area contributed by atoms with Crippen molar-refractivity contribution in [1.29, 1.82) is 0 Å². The number of amides is 2. The van der Waals surface area contributed by atoms with Crippen LogP contribution in [0.2, 0.25) is 0 Å². The second-order valence-electron chi connectivity index (χ2n) is 7.49. The summed E-state index contributed by atoms with van der Waals surface area (Å²) in [6, 6.07) is 3.98. The Bertz CT molecular complexity index is 984. The molecule has 2 heterocycles. The van der Waals surface area contributed by atoms with E-state index in [1.54, 1.807) is 6.08 Å². The van der Waals surface area contributed by atoms with Crippen molar-refractivity contribution in [2.24, 2.45) is 0 Å². The molecule has 3 rings (SSSR count). The number of hydrogen-bond donors (Lipinski definition) is 1. The van der Waals surface area contributed by atoms with Crippen molar-refractivity contribution in [2.75, 3.05) is 20.2 Å². The Hall–Kier alpha value is -3.36. The van der Waals surface area contributed by atoms with E-state index in [-0.39, 0.29) is 18.5 Å². The molecule has 1 fully saturated rings. The fourth-order valence-electron chi connectivity index (χ4n) is 3.02. The molecule has 1 N–H and O–H groups in total. The zero-order chi connectivity index (χ0) is 21.8. The number of carbonyl (C=O) groups excluding carboxylic acids is 3. The van der Waals surface area contributed by atoms with Crippen molar-refractivity contribution in [3.8, 4) is 5.82 Å². The van der Waals surface area contributed by atoms with Crippen molar-refractivity contribution >= 4 is 23.9 Å². The summed E-state index contributed by atoms with van der Waals surface area (Å²) in [5.74, 6) is 0.0858. The average molecular weight is 414 g/mol. The molecule has 9 heteroatoms. The molecule has 9 nitrogen and oxygen atoms in total. The van der Waals surface area contributed by atoms with Gasteiger partial charge in [-0.3, -0.25) is 14.2 Å². The van der Waals surface area contributed by atoms with Crippen molar-refractivity contribution in [3.63, 3.8) is 0 Å². The van der Waals surface area contributed by atoms with Crippen LogP contribution in [0.3, 0.4) is 0 Å². The Morgan fingerprint density at radius 1 is 1.30 bits per heavy atom. The summed E-state index contributed by atoms with van der Waals surface area (Å²) < 4.78 is 12.1. The number of ether oxygens (including phenoxy) is 1. The fraction of sp³-hybridized carbons (Fsp3) is 0.429. The highest BCUT2D eigenvalue weighted by Crippen LogP contribution is 2.21. The van der Waals surface area contributed by atoms with Crippen LogP contribution in [0, 0.1) is 20.8 Å². The topological polar surface area (TPSA) is 107 Å². The normalized spacial score (nSPS) is 13.5. The SMILES string of the molecule is Cc1cc(-n2c(C)cc(/C=C/C(=O)OCC(=O)N(C)CC(=O)NC3CC3)c2C)no1. The summed E-state index contributed by atoms with van der Waals surface area (Å²) >= 11 is 0. The molecule has 0 radical (unpaired) electrons. The molecule has 2 amide bonds. The lowest BCUT2D eigenvalue weighted by Crippen LogP contribution is -2.40. The third-order valence-corrected chi connectivity index (χ3v) is 4.80. The molecular weight excluding hydrogens is 388 g/mol. The molecule has 0 atom stereocenters. The molecule has 1 saturated carbocycles. The van der Waals surface area contributed by atoms with E-state index in [1.165, 1.54) is 18.0 Å². The van der Waals surface area contributed by atoms with Gasteiger partial charge in [0, 0.05) is 36.6 Å². The highest BCUT2D eigenvalue weighted by Gasteiger charge is 2.24. The van der Waals surface area contributed by atoms with Crippen LogP contribution in [-0.4, -0.2) is 58.6 Å². The fourth-order valence-corrected chi connectivity index (χ4v) is 3.02. The molecule has 0 bridgehead atoms. The van der Waals surface area contributed by atoms with Crippen molar-refractivity contribution < 1.29 is 23.6 Å². The molecule has 0 aliphatic heterocycles. The summed E-state index contributed by atoms with van der Waals surface area (Å²) in [4.78, 5) is 37.0. The van der Waals surface area contributed by atoms with E-state index in [2.05, 4.69) is 10.5 Å². The van der Waals surface area contributed by atoms with E-state index in [0.29, 0.717) is 11.6 Å². The largest absolute Gasteiger partial charge is 0.452 e. The van der Waals surface area contributed by atoms with Gasteiger partial charge in [-0.15, -0.1) is 0 Å². The molecule has 2 aromatic heterocycles. The van der Waals surface area contributed by atoms with E-state index in [9.17, 15) is 14.4 Å². The zero-order valence-corrected chi connectivity index (χ0v) is 17.6. The van der Waals surface area contributed by atoms with Gasteiger partial charge in [0.25, 0.3) is 5.91 Å². The van der Waals surface area contributed by atoms with Gasteiger partial charge < -0.3 is 19.5 Å². The lowest BCUT2D eigenvalue weighted by Gasteiger charge is -2.16. The van der Waals surface area contributed by atoms with Gasteiger partial charge in [-0.1, -0.05) is 5.16 Å². The molecule has 0 unspecified atom stereocenters. The third kappa shape index (κ3) is 5.37. The van der Waals surface area contributed by atoms with Crippen LogP contribution < -0.4 is 5.32 Å². The Morgan fingerprint density at radius 3 is 2.67 bits per heavy atom. The van der Waals surface area contributed by atoms with Gasteiger partial charge in [0.15, 0.2) is 12.4 Å². The first-order valence-electron chi connectivity index (χ1n) is 9.75. The molecule has 160 valence electrons. The second-order valence-corrected chi connectivity index (χ2v) is 7.49. The number of hydrogen-bond acceptors (Lipinski definition) is 6. The summed E-state index contributed by atoms with van der Waals surface area (Å²) in [7, 11) is 1.50. The zero-order valence-electron chi connectivity index (χ0n) is 17.6. The Labute approximate surface area is 174 Å². The smallest absolute Gasteiger partial charge is 0.331 e. The highest BCUT2D eigenvalue weighted by atomic mass is 16.5. The molecule has 1 aliphatic carbocycles. The number of likely N-dealkylation sites (N-methyl/N-ethyl adjacent to an activating group) is 1. The summed E-state index contributed by atoms with van der Waals surface area (Å²) in [6.07, 6.45) is 4.86.